The van der Waals surface area contributed by atoms with Gasteiger partial charge < -0.3 is 0 Å². The van der Waals surface area contributed by atoms with E-state index in [1.165, 1.54) is 71.9 Å². The summed E-state index contributed by atoms with van der Waals surface area (Å²) in [6, 6.07) is 75.4. The topological polar surface area (TPSA) is 26.6 Å². The average Bonchev–Trinajstić information content (AvgIpc) is 3.95. The monoisotopic (exact) mass is 767 g/mol. The molecule has 0 radical (unpaired) electrons. The first-order valence-corrected chi connectivity index (χ1v) is 20.6. The van der Waals surface area contributed by atoms with Crippen LogP contribution in [0.4, 0.5) is 0 Å². The van der Waals surface area contributed by atoms with E-state index in [0.717, 1.165) is 28.1 Å². The molecule has 4 heteroatoms. The highest BCUT2D eigenvalue weighted by Crippen LogP contribution is 2.56. The van der Waals surface area contributed by atoms with Crippen LogP contribution in [-0.2, 0) is 12.5 Å². The van der Waals surface area contributed by atoms with Gasteiger partial charge in [-0.15, -0.1) is 0 Å². The van der Waals surface area contributed by atoms with Crippen molar-refractivity contribution in [2.45, 2.75) is 5.41 Å². The fourth-order valence-corrected chi connectivity index (χ4v) is 10.1. The normalized spacial score (nSPS) is 12.9. The standard InChI is InChI=1S/C56H39N4/c1-58-37-59(53-29-14-13-28-52(53)58)42-19-15-18-40(35-42)56(49-25-10-7-22-45(49)46-23-8-11-26-50(46)56)41-30-31-48-47-24-9-12-27-51(47)60(54(48)36-41)55-34-39(32-33-57-55)44-21-6-5-20-43(44)38-16-3-2-4-17-38/h2-37H,1H3/q+1. The van der Waals surface area contributed by atoms with E-state index in [0.29, 0.717) is 0 Å². The third-order valence-electron chi connectivity index (χ3n) is 12.7. The highest BCUT2D eigenvalue weighted by atomic mass is 15.1. The lowest BCUT2D eigenvalue weighted by atomic mass is 9.67. The van der Waals surface area contributed by atoms with Gasteiger partial charge in [-0.1, -0.05) is 158 Å². The molecule has 1 aliphatic carbocycles. The van der Waals surface area contributed by atoms with Gasteiger partial charge in [0.15, 0.2) is 11.0 Å². The number of hydrogen-bond acceptors (Lipinski definition) is 1. The van der Waals surface area contributed by atoms with Crippen LogP contribution < -0.4 is 4.57 Å². The first kappa shape index (κ1) is 34.2. The molecule has 0 saturated heterocycles. The number of nitrogens with zero attached hydrogens (tertiary/aromatic N) is 4. The molecule has 11 aromatic rings. The van der Waals surface area contributed by atoms with Crippen LogP contribution in [-0.4, -0.2) is 14.1 Å². The Kier molecular flexibility index (Phi) is 7.63. The van der Waals surface area contributed by atoms with Crippen LogP contribution >= 0.6 is 0 Å². The molecule has 0 N–H and O–H groups in total. The SMILES string of the molecule is C[n+]1cn(-c2cccc(C3(c4ccc5c6ccccc6n(-c6cc(-c7ccccc7-c7ccccc7)ccn6)c5c4)c4ccccc4-c4ccccc43)c2)c2ccccc21. The zero-order chi connectivity index (χ0) is 39.8. The Hall–Kier alpha value is -7.82. The predicted octanol–water partition coefficient (Wildman–Crippen LogP) is 12.6. The number of aromatic nitrogens is 4. The number of para-hydroxylation sites is 3. The Morgan fingerprint density at radius 2 is 1.07 bits per heavy atom. The first-order chi connectivity index (χ1) is 29.7. The van der Waals surface area contributed by atoms with E-state index >= 15 is 0 Å². The van der Waals surface area contributed by atoms with Crippen LogP contribution in [0, 0.1) is 0 Å². The fourth-order valence-electron chi connectivity index (χ4n) is 10.1. The number of hydrogen-bond donors (Lipinski definition) is 0. The van der Waals surface area contributed by atoms with Gasteiger partial charge in [0, 0.05) is 17.0 Å². The molecule has 4 nitrogen and oxygen atoms in total. The largest absolute Gasteiger partial charge is 0.294 e. The molecular weight excluding hydrogens is 729 g/mol. The Bertz CT molecular complexity index is 3420. The van der Waals surface area contributed by atoms with Gasteiger partial charge in [-0.3, -0.25) is 4.57 Å². The molecule has 0 unspecified atom stereocenters. The molecule has 3 heterocycles. The predicted molar refractivity (Wildman–Crippen MR) is 245 cm³/mol. The molecule has 60 heavy (non-hydrogen) atoms. The summed E-state index contributed by atoms with van der Waals surface area (Å²) in [5, 5.41) is 2.40. The lowest BCUT2D eigenvalue weighted by Gasteiger charge is -2.34. The third kappa shape index (κ3) is 4.98. The summed E-state index contributed by atoms with van der Waals surface area (Å²) in [6.07, 6.45) is 4.15. The number of imidazole rings is 1. The number of fused-ring (bicyclic) bond motifs is 7. The van der Waals surface area contributed by atoms with E-state index in [4.69, 9.17) is 4.98 Å². The fraction of sp³-hybridized carbons (Fsp3) is 0.0357. The number of benzene rings is 8. The summed E-state index contributed by atoms with van der Waals surface area (Å²) in [4.78, 5) is 5.11. The van der Waals surface area contributed by atoms with E-state index in [9.17, 15) is 0 Å². The Balaban J connectivity index is 1.12. The van der Waals surface area contributed by atoms with Crippen molar-refractivity contribution in [3.05, 3.63) is 241 Å². The lowest BCUT2D eigenvalue weighted by Crippen LogP contribution is -2.29. The van der Waals surface area contributed by atoms with Gasteiger partial charge in [-0.25, -0.2) is 9.55 Å². The van der Waals surface area contributed by atoms with Gasteiger partial charge in [0.1, 0.15) is 11.5 Å². The zero-order valence-electron chi connectivity index (χ0n) is 33.1. The molecule has 3 aromatic heterocycles. The second-order valence-corrected chi connectivity index (χ2v) is 15.9. The number of rotatable bonds is 6. The Labute approximate surface area is 348 Å². The number of pyridine rings is 1. The summed E-state index contributed by atoms with van der Waals surface area (Å²) >= 11 is 0. The maximum absolute atomic E-state index is 5.11. The van der Waals surface area contributed by atoms with Crippen molar-refractivity contribution >= 4 is 32.8 Å². The summed E-state index contributed by atoms with van der Waals surface area (Å²) in [7, 11) is 2.12. The van der Waals surface area contributed by atoms with E-state index in [1.54, 1.807) is 0 Å². The van der Waals surface area contributed by atoms with Gasteiger partial charge in [0.2, 0.25) is 6.33 Å². The molecular formula is C56H39N4+. The smallest absolute Gasteiger partial charge is 0.249 e. The summed E-state index contributed by atoms with van der Waals surface area (Å²) < 4.78 is 6.88. The van der Waals surface area contributed by atoms with E-state index in [2.05, 4.69) is 233 Å². The Morgan fingerprint density at radius 1 is 0.450 bits per heavy atom. The highest BCUT2D eigenvalue weighted by Gasteiger charge is 2.46. The van der Waals surface area contributed by atoms with Crippen molar-refractivity contribution in [3.8, 4) is 44.9 Å². The third-order valence-corrected chi connectivity index (χ3v) is 12.7. The van der Waals surface area contributed by atoms with Crippen LogP contribution in [0.25, 0.3) is 77.7 Å². The molecule has 0 amide bonds. The molecule has 0 saturated carbocycles. The van der Waals surface area contributed by atoms with Crippen LogP contribution in [0.15, 0.2) is 219 Å². The summed E-state index contributed by atoms with van der Waals surface area (Å²) in [5.74, 6) is 0.884. The molecule has 0 atom stereocenters. The molecule has 0 spiro atoms. The minimum atomic E-state index is -0.603. The quantitative estimate of drug-likeness (QED) is 0.155. The molecule has 0 bridgehead atoms. The van der Waals surface area contributed by atoms with Crippen molar-refractivity contribution < 1.29 is 4.57 Å². The van der Waals surface area contributed by atoms with Crippen molar-refractivity contribution in [1.29, 1.82) is 0 Å². The van der Waals surface area contributed by atoms with Crippen LogP contribution in [0.2, 0.25) is 0 Å². The summed E-state index contributed by atoms with van der Waals surface area (Å²) in [5.41, 5.74) is 17.3. The molecule has 0 aliphatic heterocycles. The van der Waals surface area contributed by atoms with Crippen LogP contribution in [0.1, 0.15) is 22.3 Å². The molecule has 8 aromatic carbocycles. The van der Waals surface area contributed by atoms with Gasteiger partial charge in [0.25, 0.3) is 0 Å². The van der Waals surface area contributed by atoms with Crippen molar-refractivity contribution in [3.63, 3.8) is 0 Å². The minimum Gasteiger partial charge on any atom is -0.294 e. The molecule has 1 aliphatic rings. The number of aryl methyl sites for hydroxylation is 1. The Morgan fingerprint density at radius 3 is 1.85 bits per heavy atom. The maximum Gasteiger partial charge on any atom is 0.249 e. The minimum absolute atomic E-state index is 0.603. The first-order valence-electron chi connectivity index (χ1n) is 20.6. The zero-order valence-corrected chi connectivity index (χ0v) is 33.1. The second kappa shape index (κ2) is 13.4. The van der Waals surface area contributed by atoms with Crippen LogP contribution in [0.5, 0.6) is 0 Å². The van der Waals surface area contributed by atoms with E-state index in [1.807, 2.05) is 6.20 Å². The highest BCUT2D eigenvalue weighted by molar-refractivity contribution is 6.09. The molecule has 0 fully saturated rings. The van der Waals surface area contributed by atoms with E-state index in [-0.39, 0.29) is 0 Å². The van der Waals surface area contributed by atoms with Crippen molar-refractivity contribution in [1.82, 2.24) is 14.1 Å². The average molecular weight is 768 g/mol. The maximum atomic E-state index is 5.11. The van der Waals surface area contributed by atoms with Gasteiger partial charge >= 0.3 is 0 Å². The van der Waals surface area contributed by atoms with Crippen LogP contribution in [0.3, 0.4) is 0 Å². The van der Waals surface area contributed by atoms with E-state index < -0.39 is 5.41 Å². The van der Waals surface area contributed by atoms with Gasteiger partial charge in [-0.2, -0.15) is 4.57 Å². The van der Waals surface area contributed by atoms with Gasteiger partial charge in [0.05, 0.1) is 23.5 Å². The second-order valence-electron chi connectivity index (χ2n) is 15.9. The summed E-state index contributed by atoms with van der Waals surface area (Å²) in [6.45, 7) is 0. The molecule has 12 rings (SSSR count). The van der Waals surface area contributed by atoms with Gasteiger partial charge in [-0.05, 0) is 104 Å². The molecule has 282 valence electrons. The van der Waals surface area contributed by atoms with Crippen molar-refractivity contribution in [2.75, 3.05) is 0 Å². The lowest BCUT2D eigenvalue weighted by molar-refractivity contribution is -0.645. The van der Waals surface area contributed by atoms with Crippen molar-refractivity contribution in [2.24, 2.45) is 7.05 Å².